The van der Waals surface area contributed by atoms with E-state index >= 15 is 0 Å². The summed E-state index contributed by atoms with van der Waals surface area (Å²) in [4.78, 5) is 15.3. The molecule has 134 valence electrons. The van der Waals surface area contributed by atoms with Crippen LogP contribution in [0.4, 0.5) is 0 Å². The van der Waals surface area contributed by atoms with Crippen molar-refractivity contribution in [1.29, 1.82) is 0 Å². The van der Waals surface area contributed by atoms with E-state index in [1.807, 2.05) is 24.5 Å². The van der Waals surface area contributed by atoms with Gasteiger partial charge in [-0.2, -0.15) is 7.05 Å². The van der Waals surface area contributed by atoms with Crippen LogP contribution in [0.1, 0.15) is 11.4 Å². The molecule has 0 aliphatic carbocycles. The summed E-state index contributed by atoms with van der Waals surface area (Å²) in [5.41, 5.74) is 2.28. The summed E-state index contributed by atoms with van der Waals surface area (Å²) < 4.78 is 0. The van der Waals surface area contributed by atoms with Gasteiger partial charge in [0.25, 0.3) is 0 Å². The van der Waals surface area contributed by atoms with E-state index in [4.69, 9.17) is 0 Å². The van der Waals surface area contributed by atoms with Crippen LogP contribution in [0, 0.1) is 7.05 Å². The van der Waals surface area contributed by atoms with Gasteiger partial charge < -0.3 is 4.90 Å². The van der Waals surface area contributed by atoms with Crippen molar-refractivity contribution in [3.05, 3.63) is 67.2 Å². The summed E-state index contributed by atoms with van der Waals surface area (Å²) in [6.07, 6.45) is 3.75. The molecule has 2 aromatic heterocycles. The number of quaternary nitrogens is 1. The van der Waals surface area contributed by atoms with Gasteiger partial charge in [0, 0.05) is 51.7 Å². The molecule has 6 heteroatoms. The van der Waals surface area contributed by atoms with Crippen molar-refractivity contribution in [2.45, 2.75) is 13.1 Å². The Labute approximate surface area is 161 Å². The zero-order valence-corrected chi connectivity index (χ0v) is 15.7. The number of aromatic nitrogens is 2. The fourth-order valence-electron chi connectivity index (χ4n) is 3.02. The summed E-state index contributed by atoms with van der Waals surface area (Å²) in [5, 5.41) is 0. The Balaban J connectivity index is 0.00000225. The molecule has 0 atom stereocenters. The number of rotatable bonds is 4. The quantitative estimate of drug-likeness (QED) is 0.617. The minimum Gasteiger partial charge on any atom is -0.466 e. The molecule has 0 amide bonds. The first-order chi connectivity index (χ1) is 11.8. The number of hydrogen-bond donors (Lipinski definition) is 1. The Kier molecular flexibility index (Phi) is 8.52. The molecular formula is C19H27FeN5+2. The van der Waals surface area contributed by atoms with E-state index in [1.54, 1.807) is 0 Å². The third-order valence-electron chi connectivity index (χ3n) is 4.52. The van der Waals surface area contributed by atoms with E-state index in [1.165, 1.54) is 4.90 Å². The van der Waals surface area contributed by atoms with Gasteiger partial charge >= 0.3 is 17.1 Å². The predicted molar refractivity (Wildman–Crippen MR) is 95.1 cm³/mol. The molecule has 3 heterocycles. The van der Waals surface area contributed by atoms with E-state index in [-0.39, 0.29) is 17.1 Å². The maximum Gasteiger partial charge on any atom is 2.00 e. The van der Waals surface area contributed by atoms with Crippen molar-refractivity contribution < 1.29 is 22.0 Å². The topological polar surface area (TPSA) is 36.7 Å². The fourth-order valence-corrected chi connectivity index (χ4v) is 3.02. The number of pyridine rings is 2. The zero-order valence-electron chi connectivity index (χ0n) is 14.6. The molecule has 1 N–H and O–H groups in total. The van der Waals surface area contributed by atoms with Crippen LogP contribution in [0.25, 0.3) is 0 Å². The second-order valence-corrected chi connectivity index (χ2v) is 6.44. The Hall–Kier alpha value is -1.30. The first-order valence-corrected chi connectivity index (χ1v) is 8.71. The van der Waals surface area contributed by atoms with Crippen LogP contribution in [-0.2, 0) is 30.2 Å². The Morgan fingerprint density at radius 1 is 0.800 bits per heavy atom. The molecule has 0 unspecified atom stereocenters. The van der Waals surface area contributed by atoms with Gasteiger partial charge in [0.05, 0.1) is 24.5 Å². The third-order valence-corrected chi connectivity index (χ3v) is 4.52. The Morgan fingerprint density at radius 2 is 1.28 bits per heavy atom. The molecule has 5 nitrogen and oxygen atoms in total. The van der Waals surface area contributed by atoms with E-state index in [9.17, 15) is 0 Å². The Morgan fingerprint density at radius 3 is 1.68 bits per heavy atom. The SMILES string of the molecule is [CH2-][NH+]1CCN(Cc2ccccn2)CCN(Cc2ccccn2)CC1.[Fe+2]. The first-order valence-electron chi connectivity index (χ1n) is 8.71. The van der Waals surface area contributed by atoms with Gasteiger partial charge in [-0.05, 0) is 24.3 Å². The van der Waals surface area contributed by atoms with Crippen LogP contribution >= 0.6 is 0 Å². The monoisotopic (exact) mass is 381 g/mol. The fraction of sp³-hybridized carbons (Fsp3) is 0.421. The molecule has 1 aliphatic rings. The normalized spacial score (nSPS) is 18.0. The van der Waals surface area contributed by atoms with Crippen LogP contribution in [0.3, 0.4) is 0 Å². The van der Waals surface area contributed by atoms with Gasteiger partial charge in [-0.25, -0.2) is 0 Å². The van der Waals surface area contributed by atoms with Gasteiger partial charge in [-0.1, -0.05) is 12.1 Å². The van der Waals surface area contributed by atoms with Crippen LogP contribution in [0.2, 0.25) is 0 Å². The maximum absolute atomic E-state index is 4.47. The van der Waals surface area contributed by atoms with Crippen molar-refractivity contribution in [3.63, 3.8) is 0 Å². The molecule has 0 aromatic carbocycles. The molecule has 25 heavy (non-hydrogen) atoms. The van der Waals surface area contributed by atoms with Crippen molar-refractivity contribution in [2.75, 3.05) is 39.3 Å². The average molecular weight is 381 g/mol. The molecule has 2 aromatic rings. The van der Waals surface area contributed by atoms with Crippen molar-refractivity contribution >= 4 is 0 Å². The minimum absolute atomic E-state index is 0. The molecule has 0 radical (unpaired) electrons. The molecule has 1 fully saturated rings. The van der Waals surface area contributed by atoms with Crippen LogP contribution in [0.5, 0.6) is 0 Å². The van der Waals surface area contributed by atoms with E-state index in [2.05, 4.69) is 51.1 Å². The summed E-state index contributed by atoms with van der Waals surface area (Å²) in [6.45, 7) is 8.19. The zero-order chi connectivity index (χ0) is 16.6. The summed E-state index contributed by atoms with van der Waals surface area (Å²) in [6, 6.07) is 12.3. The minimum atomic E-state index is 0. The maximum atomic E-state index is 4.47. The van der Waals surface area contributed by atoms with E-state index in [0.29, 0.717) is 0 Å². The van der Waals surface area contributed by atoms with Gasteiger partial charge in [-0.3, -0.25) is 19.8 Å². The van der Waals surface area contributed by atoms with E-state index in [0.717, 1.165) is 63.7 Å². The average Bonchev–Trinajstić information content (AvgIpc) is 2.70. The summed E-state index contributed by atoms with van der Waals surface area (Å²) in [5.74, 6) is 0. The molecule has 0 bridgehead atoms. The Bertz CT molecular complexity index is 542. The number of nitrogens with zero attached hydrogens (tertiary/aromatic N) is 4. The van der Waals surface area contributed by atoms with Crippen molar-refractivity contribution in [1.82, 2.24) is 19.8 Å². The standard InChI is InChI=1S/C19H27N5.Fe/c1-22-10-12-23(16-18-6-2-4-8-20-18)14-15-24(13-11-22)17-19-7-3-5-9-21-19;/h2-9,22H,1,10-17H2;/q;+2. The van der Waals surface area contributed by atoms with Crippen molar-refractivity contribution in [3.8, 4) is 0 Å². The summed E-state index contributed by atoms with van der Waals surface area (Å²) in [7, 11) is 4.26. The van der Waals surface area contributed by atoms with Gasteiger partial charge in [0.1, 0.15) is 0 Å². The number of hydrogen-bond acceptors (Lipinski definition) is 4. The molecule has 0 spiro atoms. The molecule has 3 rings (SSSR count). The first kappa shape index (κ1) is 20.0. The molecule has 1 saturated heterocycles. The van der Waals surface area contributed by atoms with Crippen LogP contribution in [0.15, 0.2) is 48.8 Å². The van der Waals surface area contributed by atoms with Gasteiger partial charge in [-0.15, -0.1) is 0 Å². The molecule has 1 aliphatic heterocycles. The van der Waals surface area contributed by atoms with Crippen molar-refractivity contribution in [2.24, 2.45) is 0 Å². The largest absolute Gasteiger partial charge is 2.00 e. The van der Waals surface area contributed by atoms with Gasteiger partial charge in [0.2, 0.25) is 0 Å². The molecule has 0 saturated carbocycles. The third kappa shape index (κ3) is 6.84. The second-order valence-electron chi connectivity index (χ2n) is 6.44. The van der Waals surface area contributed by atoms with E-state index < -0.39 is 0 Å². The van der Waals surface area contributed by atoms with Crippen LogP contribution in [-0.4, -0.2) is 59.0 Å². The number of nitrogens with one attached hydrogen (secondary N) is 1. The predicted octanol–water partition coefficient (Wildman–Crippen LogP) is 0.468. The second kappa shape index (κ2) is 10.6. The van der Waals surface area contributed by atoms with Gasteiger partial charge in [0.15, 0.2) is 0 Å². The molecular weight excluding hydrogens is 354 g/mol. The summed E-state index contributed by atoms with van der Waals surface area (Å²) >= 11 is 0. The smallest absolute Gasteiger partial charge is 0.466 e. The van der Waals surface area contributed by atoms with Crippen LogP contribution < -0.4 is 4.90 Å².